The minimum atomic E-state index is -0.588. The molecule has 2 rings (SSSR count). The number of nitrogens with zero attached hydrogens (tertiary/aromatic N) is 1. The second-order valence-corrected chi connectivity index (χ2v) is 8.49. The minimum Gasteiger partial charge on any atom is -0.497 e. The maximum atomic E-state index is 13.3. The molecule has 0 spiro atoms. The molecule has 2 aromatic rings. The molecule has 6 heteroatoms. The number of rotatable bonds is 11. The number of methoxy groups -OCH3 is 1. The second kappa shape index (κ2) is 12.1. The van der Waals surface area contributed by atoms with Gasteiger partial charge >= 0.3 is 0 Å². The molecular formula is C26H36N2O4. The first-order valence-electron chi connectivity index (χ1n) is 11.1. The van der Waals surface area contributed by atoms with Crippen LogP contribution in [0.3, 0.4) is 0 Å². The SMILES string of the molecule is CC[C@@H](C(=O)NCC(C)C)N(Cc1cccc(OC)c1)C(=O)COc1ccc(C)cc1C. The quantitative estimate of drug-likeness (QED) is 0.567. The van der Waals surface area contributed by atoms with E-state index in [-0.39, 0.29) is 18.4 Å². The molecule has 0 aliphatic heterocycles. The maximum Gasteiger partial charge on any atom is 0.261 e. The molecule has 0 unspecified atom stereocenters. The van der Waals surface area contributed by atoms with Crippen LogP contribution in [-0.4, -0.2) is 43.0 Å². The van der Waals surface area contributed by atoms with E-state index in [0.29, 0.717) is 36.9 Å². The first-order chi connectivity index (χ1) is 15.2. The number of hydrogen-bond donors (Lipinski definition) is 1. The van der Waals surface area contributed by atoms with Crippen LogP contribution in [0.5, 0.6) is 11.5 Å². The highest BCUT2D eigenvalue weighted by atomic mass is 16.5. The van der Waals surface area contributed by atoms with Crippen molar-refractivity contribution in [3.8, 4) is 11.5 Å². The van der Waals surface area contributed by atoms with Crippen LogP contribution in [0.4, 0.5) is 0 Å². The topological polar surface area (TPSA) is 67.9 Å². The highest BCUT2D eigenvalue weighted by Gasteiger charge is 2.29. The largest absolute Gasteiger partial charge is 0.497 e. The van der Waals surface area contributed by atoms with E-state index >= 15 is 0 Å². The summed E-state index contributed by atoms with van der Waals surface area (Å²) in [6.07, 6.45) is 0.503. The molecule has 32 heavy (non-hydrogen) atoms. The molecule has 1 N–H and O–H groups in total. The zero-order chi connectivity index (χ0) is 23.7. The van der Waals surface area contributed by atoms with Gasteiger partial charge in [-0.2, -0.15) is 0 Å². The highest BCUT2D eigenvalue weighted by molar-refractivity contribution is 5.88. The second-order valence-electron chi connectivity index (χ2n) is 8.49. The van der Waals surface area contributed by atoms with Crippen molar-refractivity contribution >= 4 is 11.8 Å². The summed E-state index contributed by atoms with van der Waals surface area (Å²) in [6, 6.07) is 12.8. The first kappa shape index (κ1) is 25.2. The number of nitrogens with one attached hydrogen (secondary N) is 1. The first-order valence-corrected chi connectivity index (χ1v) is 11.1. The summed E-state index contributed by atoms with van der Waals surface area (Å²) in [4.78, 5) is 27.8. The molecular weight excluding hydrogens is 404 g/mol. The molecule has 0 fully saturated rings. The van der Waals surface area contributed by atoms with Gasteiger partial charge in [0.05, 0.1) is 7.11 Å². The molecule has 0 aliphatic carbocycles. The van der Waals surface area contributed by atoms with Gasteiger partial charge in [-0.1, -0.05) is 50.6 Å². The van der Waals surface area contributed by atoms with Crippen LogP contribution >= 0.6 is 0 Å². The van der Waals surface area contributed by atoms with Crippen LogP contribution in [0.15, 0.2) is 42.5 Å². The summed E-state index contributed by atoms with van der Waals surface area (Å²) in [5.41, 5.74) is 2.99. The van der Waals surface area contributed by atoms with Crippen LogP contribution in [0.1, 0.15) is 43.9 Å². The fraction of sp³-hybridized carbons (Fsp3) is 0.462. The van der Waals surface area contributed by atoms with Crippen molar-refractivity contribution < 1.29 is 19.1 Å². The van der Waals surface area contributed by atoms with Crippen molar-refractivity contribution in [1.29, 1.82) is 0 Å². The van der Waals surface area contributed by atoms with E-state index in [2.05, 4.69) is 5.32 Å². The van der Waals surface area contributed by atoms with E-state index in [1.54, 1.807) is 12.0 Å². The Labute approximate surface area is 191 Å². The molecule has 2 amide bonds. The molecule has 0 aliphatic rings. The average Bonchev–Trinajstić information content (AvgIpc) is 2.76. The van der Waals surface area contributed by atoms with Crippen molar-refractivity contribution in [2.24, 2.45) is 5.92 Å². The highest BCUT2D eigenvalue weighted by Crippen LogP contribution is 2.20. The van der Waals surface area contributed by atoms with Gasteiger partial charge in [0.25, 0.3) is 5.91 Å². The van der Waals surface area contributed by atoms with E-state index in [1.807, 2.05) is 77.1 Å². The molecule has 0 aromatic heterocycles. The number of benzene rings is 2. The summed E-state index contributed by atoms with van der Waals surface area (Å²) in [6.45, 7) is 10.7. The predicted molar refractivity (Wildman–Crippen MR) is 127 cm³/mol. The third-order valence-corrected chi connectivity index (χ3v) is 5.24. The standard InChI is InChI=1S/C26H36N2O4/c1-7-23(26(30)27-15-18(2)3)28(16-21-9-8-10-22(14-21)31-6)25(29)17-32-24-12-11-19(4)13-20(24)5/h8-14,18,23H,7,15-17H2,1-6H3,(H,27,30)/t23-/m0/s1. The Hall–Kier alpha value is -3.02. The molecule has 0 heterocycles. The monoisotopic (exact) mass is 440 g/mol. The Morgan fingerprint density at radius 3 is 2.47 bits per heavy atom. The lowest BCUT2D eigenvalue weighted by atomic mass is 10.1. The Bertz CT molecular complexity index is 910. The predicted octanol–water partition coefficient (Wildman–Crippen LogP) is 4.27. The van der Waals surface area contributed by atoms with Crippen LogP contribution in [-0.2, 0) is 16.1 Å². The third-order valence-electron chi connectivity index (χ3n) is 5.24. The summed E-state index contributed by atoms with van der Waals surface area (Å²) >= 11 is 0. The normalized spacial score (nSPS) is 11.7. The number of aryl methyl sites for hydroxylation is 2. The van der Waals surface area contributed by atoms with E-state index in [9.17, 15) is 9.59 Å². The molecule has 174 valence electrons. The van der Waals surface area contributed by atoms with Gasteiger partial charge in [-0.05, 0) is 55.5 Å². The Morgan fingerprint density at radius 1 is 1.09 bits per heavy atom. The van der Waals surface area contributed by atoms with E-state index in [4.69, 9.17) is 9.47 Å². The average molecular weight is 441 g/mol. The number of carbonyl (C=O) groups excluding carboxylic acids is 2. The van der Waals surface area contributed by atoms with E-state index < -0.39 is 6.04 Å². The molecule has 0 saturated carbocycles. The van der Waals surface area contributed by atoms with Crippen LogP contribution < -0.4 is 14.8 Å². The lowest BCUT2D eigenvalue weighted by Gasteiger charge is -2.31. The molecule has 0 saturated heterocycles. The van der Waals surface area contributed by atoms with Crippen LogP contribution in [0.25, 0.3) is 0 Å². The van der Waals surface area contributed by atoms with Crippen molar-refractivity contribution in [2.75, 3.05) is 20.3 Å². The van der Waals surface area contributed by atoms with Crippen LogP contribution in [0.2, 0.25) is 0 Å². The molecule has 1 atom stereocenters. The molecule has 6 nitrogen and oxygen atoms in total. The Morgan fingerprint density at radius 2 is 1.84 bits per heavy atom. The van der Waals surface area contributed by atoms with E-state index in [0.717, 1.165) is 16.7 Å². The summed E-state index contributed by atoms with van der Waals surface area (Å²) in [7, 11) is 1.61. The van der Waals surface area contributed by atoms with Gasteiger partial charge in [-0.3, -0.25) is 9.59 Å². The molecule has 0 radical (unpaired) electrons. The fourth-order valence-corrected chi connectivity index (χ4v) is 3.49. The summed E-state index contributed by atoms with van der Waals surface area (Å²) in [5.74, 6) is 1.32. The van der Waals surface area contributed by atoms with Gasteiger partial charge in [-0.15, -0.1) is 0 Å². The summed E-state index contributed by atoms with van der Waals surface area (Å²) < 4.78 is 11.2. The third kappa shape index (κ3) is 7.29. The van der Waals surface area contributed by atoms with Gasteiger partial charge in [-0.25, -0.2) is 0 Å². The number of carbonyl (C=O) groups is 2. The van der Waals surface area contributed by atoms with Crippen molar-refractivity contribution in [1.82, 2.24) is 10.2 Å². The number of ether oxygens (including phenoxy) is 2. The van der Waals surface area contributed by atoms with Gasteiger partial charge < -0.3 is 19.7 Å². The molecule has 0 bridgehead atoms. The van der Waals surface area contributed by atoms with Gasteiger partial charge in [0.1, 0.15) is 17.5 Å². The maximum absolute atomic E-state index is 13.3. The number of amides is 2. The Balaban J connectivity index is 2.24. The zero-order valence-electron chi connectivity index (χ0n) is 20.1. The van der Waals surface area contributed by atoms with Gasteiger partial charge in [0.2, 0.25) is 5.91 Å². The zero-order valence-corrected chi connectivity index (χ0v) is 20.1. The van der Waals surface area contributed by atoms with E-state index in [1.165, 1.54) is 0 Å². The number of hydrogen-bond acceptors (Lipinski definition) is 4. The van der Waals surface area contributed by atoms with Crippen molar-refractivity contribution in [2.45, 2.75) is 53.6 Å². The van der Waals surface area contributed by atoms with Crippen molar-refractivity contribution in [3.63, 3.8) is 0 Å². The lowest BCUT2D eigenvalue weighted by molar-refractivity contribution is -0.143. The smallest absolute Gasteiger partial charge is 0.261 e. The lowest BCUT2D eigenvalue weighted by Crippen LogP contribution is -2.50. The Kier molecular flexibility index (Phi) is 9.57. The van der Waals surface area contributed by atoms with Crippen LogP contribution in [0, 0.1) is 19.8 Å². The molecule has 2 aromatic carbocycles. The van der Waals surface area contributed by atoms with Crippen molar-refractivity contribution in [3.05, 3.63) is 59.2 Å². The van der Waals surface area contributed by atoms with Gasteiger partial charge in [0.15, 0.2) is 6.61 Å². The van der Waals surface area contributed by atoms with Gasteiger partial charge in [0, 0.05) is 13.1 Å². The summed E-state index contributed by atoms with van der Waals surface area (Å²) in [5, 5.41) is 2.97. The minimum absolute atomic E-state index is 0.137. The fourth-order valence-electron chi connectivity index (χ4n) is 3.49.